The van der Waals surface area contributed by atoms with Crippen molar-refractivity contribution in [3.05, 3.63) is 71.8 Å². The van der Waals surface area contributed by atoms with E-state index in [1.807, 2.05) is 42.5 Å². The van der Waals surface area contributed by atoms with E-state index in [2.05, 4.69) is 0 Å². The summed E-state index contributed by atoms with van der Waals surface area (Å²) < 4.78 is 5.25. The molecule has 3 heteroatoms. The smallest absolute Gasteiger partial charge is 0.198 e. The lowest BCUT2D eigenvalue weighted by molar-refractivity contribution is 0.103. The van der Waals surface area contributed by atoms with Crippen molar-refractivity contribution in [1.29, 1.82) is 0 Å². The summed E-state index contributed by atoms with van der Waals surface area (Å²) in [4.78, 5) is 12.7. The summed E-state index contributed by atoms with van der Waals surface area (Å²) in [6, 6.07) is 18.6. The predicted molar refractivity (Wildman–Crippen MR) is 84.8 cm³/mol. The first-order chi connectivity index (χ1) is 10.2. The fourth-order valence-electron chi connectivity index (χ4n) is 2.47. The van der Waals surface area contributed by atoms with Crippen LogP contribution in [-0.4, -0.2) is 12.9 Å². The molecule has 0 unspecified atom stereocenters. The van der Waals surface area contributed by atoms with Gasteiger partial charge in [0.2, 0.25) is 0 Å². The fraction of sp³-hybridized carbons (Fsp3) is 0.0556. The summed E-state index contributed by atoms with van der Waals surface area (Å²) in [6.45, 7) is 0. The van der Waals surface area contributed by atoms with Crippen LogP contribution >= 0.6 is 0 Å². The van der Waals surface area contributed by atoms with Crippen LogP contribution in [0.25, 0.3) is 10.8 Å². The number of carbonyl (C=O) groups excluding carboxylic acids is 1. The van der Waals surface area contributed by atoms with Crippen molar-refractivity contribution in [3.8, 4) is 5.75 Å². The zero-order valence-corrected chi connectivity index (χ0v) is 11.7. The minimum Gasteiger partial charge on any atom is -0.496 e. The molecule has 0 saturated heterocycles. The Morgan fingerprint density at radius 3 is 2.43 bits per heavy atom. The van der Waals surface area contributed by atoms with Gasteiger partial charge < -0.3 is 10.5 Å². The largest absolute Gasteiger partial charge is 0.496 e. The molecule has 0 spiro atoms. The number of ether oxygens (including phenoxy) is 1. The Balaban J connectivity index is 2.16. The molecule has 0 radical (unpaired) electrons. The molecule has 0 aromatic heterocycles. The van der Waals surface area contributed by atoms with Gasteiger partial charge in [-0.05, 0) is 23.6 Å². The number of anilines is 1. The molecule has 2 N–H and O–H groups in total. The summed E-state index contributed by atoms with van der Waals surface area (Å²) in [5, 5.41) is 1.91. The first kappa shape index (κ1) is 13.2. The summed E-state index contributed by atoms with van der Waals surface area (Å²) in [5.74, 6) is 0.422. The highest BCUT2D eigenvalue weighted by Crippen LogP contribution is 2.29. The second-order valence-electron chi connectivity index (χ2n) is 4.78. The van der Waals surface area contributed by atoms with Crippen LogP contribution in [0.2, 0.25) is 0 Å². The van der Waals surface area contributed by atoms with Crippen molar-refractivity contribution in [2.75, 3.05) is 12.8 Å². The molecule has 3 nitrogen and oxygen atoms in total. The number of carbonyl (C=O) groups is 1. The van der Waals surface area contributed by atoms with Crippen molar-refractivity contribution in [1.82, 2.24) is 0 Å². The van der Waals surface area contributed by atoms with E-state index in [1.54, 1.807) is 25.3 Å². The minimum absolute atomic E-state index is 0.129. The molecule has 0 saturated carbocycles. The predicted octanol–water partition coefficient (Wildman–Crippen LogP) is 3.66. The summed E-state index contributed by atoms with van der Waals surface area (Å²) in [5.41, 5.74) is 7.70. The Morgan fingerprint density at radius 2 is 1.62 bits per heavy atom. The van der Waals surface area contributed by atoms with Crippen LogP contribution in [0, 0.1) is 0 Å². The van der Waals surface area contributed by atoms with E-state index in [-0.39, 0.29) is 5.78 Å². The topological polar surface area (TPSA) is 52.3 Å². The number of ketones is 1. The average Bonchev–Trinajstić information content (AvgIpc) is 2.55. The van der Waals surface area contributed by atoms with E-state index in [0.717, 1.165) is 10.8 Å². The second-order valence-corrected chi connectivity index (χ2v) is 4.78. The molecule has 3 aromatic rings. The van der Waals surface area contributed by atoms with E-state index in [1.165, 1.54) is 0 Å². The molecule has 0 aliphatic carbocycles. The number of nitrogens with two attached hydrogens (primary N) is 1. The maximum Gasteiger partial charge on any atom is 0.198 e. The van der Waals surface area contributed by atoms with Crippen LogP contribution in [0.4, 0.5) is 5.69 Å². The van der Waals surface area contributed by atoms with Gasteiger partial charge in [-0.2, -0.15) is 0 Å². The third-order valence-electron chi connectivity index (χ3n) is 3.57. The average molecular weight is 277 g/mol. The Bertz CT molecular complexity index is 824. The van der Waals surface area contributed by atoms with E-state index in [4.69, 9.17) is 10.5 Å². The quantitative estimate of drug-likeness (QED) is 0.587. The molecule has 0 amide bonds. The molecule has 0 aliphatic heterocycles. The Morgan fingerprint density at radius 1 is 0.905 bits per heavy atom. The minimum atomic E-state index is -0.129. The van der Waals surface area contributed by atoms with Gasteiger partial charge >= 0.3 is 0 Å². The number of fused-ring (bicyclic) bond motifs is 1. The highest BCUT2D eigenvalue weighted by molar-refractivity contribution is 6.17. The normalized spacial score (nSPS) is 10.5. The molecule has 3 aromatic carbocycles. The number of hydrogen-bond acceptors (Lipinski definition) is 3. The maximum absolute atomic E-state index is 12.7. The number of rotatable bonds is 3. The molecule has 21 heavy (non-hydrogen) atoms. The molecular formula is C18H15NO2. The van der Waals surface area contributed by atoms with Gasteiger partial charge in [0.05, 0.1) is 18.4 Å². The van der Waals surface area contributed by atoms with Gasteiger partial charge in [-0.1, -0.05) is 42.5 Å². The third-order valence-corrected chi connectivity index (χ3v) is 3.57. The second kappa shape index (κ2) is 5.29. The van der Waals surface area contributed by atoms with Gasteiger partial charge in [0.1, 0.15) is 5.75 Å². The molecule has 0 heterocycles. The monoisotopic (exact) mass is 277 g/mol. The molecule has 0 aliphatic rings. The van der Waals surface area contributed by atoms with Crippen LogP contribution in [0.1, 0.15) is 15.9 Å². The van der Waals surface area contributed by atoms with Gasteiger partial charge in [-0.15, -0.1) is 0 Å². The molecule has 0 bridgehead atoms. The number of benzene rings is 3. The van der Waals surface area contributed by atoms with Gasteiger partial charge in [-0.25, -0.2) is 0 Å². The van der Waals surface area contributed by atoms with Crippen LogP contribution in [0.3, 0.4) is 0 Å². The first-order valence-corrected chi connectivity index (χ1v) is 6.67. The summed E-state index contributed by atoms with van der Waals surface area (Å²) in [7, 11) is 1.55. The Labute approximate surface area is 123 Å². The number of methoxy groups -OCH3 is 1. The van der Waals surface area contributed by atoms with Crippen LogP contribution in [-0.2, 0) is 0 Å². The van der Waals surface area contributed by atoms with Gasteiger partial charge in [0.15, 0.2) is 5.78 Å². The van der Waals surface area contributed by atoms with E-state index in [0.29, 0.717) is 22.6 Å². The number of hydrogen-bond donors (Lipinski definition) is 1. The zero-order chi connectivity index (χ0) is 14.8. The lowest BCUT2D eigenvalue weighted by Gasteiger charge is -2.11. The SMILES string of the molecule is COc1ccccc1C(=O)c1ccc2ccccc2c1N. The fourth-order valence-corrected chi connectivity index (χ4v) is 2.47. The Kier molecular flexibility index (Phi) is 3.32. The Hall–Kier alpha value is -2.81. The molecule has 3 rings (SSSR count). The lowest BCUT2D eigenvalue weighted by Crippen LogP contribution is -2.07. The van der Waals surface area contributed by atoms with E-state index >= 15 is 0 Å². The summed E-state index contributed by atoms with van der Waals surface area (Å²) in [6.07, 6.45) is 0. The van der Waals surface area contributed by atoms with Crippen LogP contribution < -0.4 is 10.5 Å². The van der Waals surface area contributed by atoms with Gasteiger partial charge in [0, 0.05) is 10.9 Å². The van der Waals surface area contributed by atoms with Gasteiger partial charge in [0.25, 0.3) is 0 Å². The van der Waals surface area contributed by atoms with Crippen LogP contribution in [0.5, 0.6) is 5.75 Å². The molecule has 104 valence electrons. The van der Waals surface area contributed by atoms with Crippen molar-refractivity contribution in [3.63, 3.8) is 0 Å². The first-order valence-electron chi connectivity index (χ1n) is 6.67. The summed E-state index contributed by atoms with van der Waals surface area (Å²) >= 11 is 0. The lowest BCUT2D eigenvalue weighted by atomic mass is 9.97. The van der Waals surface area contributed by atoms with Gasteiger partial charge in [-0.3, -0.25) is 4.79 Å². The standard InChI is InChI=1S/C18H15NO2/c1-21-16-9-5-4-8-14(16)18(20)15-11-10-12-6-2-3-7-13(12)17(15)19/h2-11H,19H2,1H3. The highest BCUT2D eigenvalue weighted by atomic mass is 16.5. The van der Waals surface area contributed by atoms with Crippen molar-refractivity contribution < 1.29 is 9.53 Å². The maximum atomic E-state index is 12.7. The van der Waals surface area contributed by atoms with Crippen molar-refractivity contribution in [2.24, 2.45) is 0 Å². The zero-order valence-electron chi connectivity index (χ0n) is 11.7. The molecular weight excluding hydrogens is 262 g/mol. The van der Waals surface area contributed by atoms with Crippen molar-refractivity contribution >= 4 is 22.2 Å². The van der Waals surface area contributed by atoms with E-state index in [9.17, 15) is 4.79 Å². The highest BCUT2D eigenvalue weighted by Gasteiger charge is 2.17. The van der Waals surface area contributed by atoms with Crippen molar-refractivity contribution in [2.45, 2.75) is 0 Å². The van der Waals surface area contributed by atoms with Crippen LogP contribution in [0.15, 0.2) is 60.7 Å². The third kappa shape index (κ3) is 2.23. The molecule has 0 atom stereocenters. The van der Waals surface area contributed by atoms with E-state index < -0.39 is 0 Å². The molecule has 0 fully saturated rings. The number of para-hydroxylation sites is 1. The number of nitrogen functional groups attached to an aromatic ring is 1.